The average molecular weight is 258 g/mol. The molecule has 2 rings (SSSR count). The summed E-state index contributed by atoms with van der Waals surface area (Å²) in [5.41, 5.74) is 8.46. The van der Waals surface area contributed by atoms with Crippen LogP contribution in [0.3, 0.4) is 0 Å². The number of nitrogens with zero attached hydrogens (tertiary/aromatic N) is 2. The van der Waals surface area contributed by atoms with E-state index in [1.807, 2.05) is 44.3 Å². The summed E-state index contributed by atoms with van der Waals surface area (Å²) < 4.78 is 1.61. The van der Waals surface area contributed by atoms with Gasteiger partial charge in [0.2, 0.25) is 5.91 Å². The van der Waals surface area contributed by atoms with Crippen molar-refractivity contribution in [3.63, 3.8) is 0 Å². The Bertz CT molecular complexity index is 574. The number of amides is 1. The molecule has 1 amide bonds. The fraction of sp³-hybridized carbons (Fsp3) is 0.286. The Morgan fingerprint density at radius 1 is 1.42 bits per heavy atom. The highest BCUT2D eigenvalue weighted by Gasteiger charge is 2.08. The van der Waals surface area contributed by atoms with Crippen molar-refractivity contribution in [3.8, 4) is 11.1 Å². The second-order valence-electron chi connectivity index (χ2n) is 4.74. The summed E-state index contributed by atoms with van der Waals surface area (Å²) in [4.78, 5) is 11.6. The Balaban J connectivity index is 2.12. The molecule has 0 aliphatic heterocycles. The summed E-state index contributed by atoms with van der Waals surface area (Å²) in [6.45, 7) is 4.07. The van der Waals surface area contributed by atoms with Crippen molar-refractivity contribution >= 4 is 11.6 Å². The third-order valence-corrected chi connectivity index (χ3v) is 2.66. The fourth-order valence-corrected chi connectivity index (χ4v) is 1.86. The summed E-state index contributed by atoms with van der Waals surface area (Å²) >= 11 is 0. The number of hydrogen-bond acceptors (Lipinski definition) is 3. The first kappa shape index (κ1) is 13.1. The minimum absolute atomic E-state index is 0.0503. The largest absolute Gasteiger partial charge is 0.398 e. The van der Waals surface area contributed by atoms with Gasteiger partial charge in [0.1, 0.15) is 6.54 Å². The van der Waals surface area contributed by atoms with Crippen molar-refractivity contribution in [1.82, 2.24) is 15.1 Å². The Morgan fingerprint density at radius 3 is 2.84 bits per heavy atom. The van der Waals surface area contributed by atoms with Crippen LogP contribution in [0.5, 0.6) is 0 Å². The van der Waals surface area contributed by atoms with E-state index in [1.165, 1.54) is 0 Å². The van der Waals surface area contributed by atoms with E-state index >= 15 is 0 Å². The predicted molar refractivity (Wildman–Crippen MR) is 75.4 cm³/mol. The van der Waals surface area contributed by atoms with Gasteiger partial charge in [-0.3, -0.25) is 9.48 Å². The Labute approximate surface area is 112 Å². The van der Waals surface area contributed by atoms with Crippen LogP contribution < -0.4 is 11.1 Å². The quantitative estimate of drug-likeness (QED) is 0.819. The van der Waals surface area contributed by atoms with Crippen LogP contribution in [0.15, 0.2) is 36.7 Å². The lowest BCUT2D eigenvalue weighted by molar-refractivity contribution is -0.122. The van der Waals surface area contributed by atoms with Crippen LogP contribution in [0, 0.1) is 0 Å². The van der Waals surface area contributed by atoms with E-state index in [1.54, 1.807) is 10.9 Å². The van der Waals surface area contributed by atoms with Crippen LogP contribution >= 0.6 is 0 Å². The first-order valence-corrected chi connectivity index (χ1v) is 6.23. The van der Waals surface area contributed by atoms with E-state index in [9.17, 15) is 4.79 Å². The molecule has 1 aromatic carbocycles. The number of carbonyl (C=O) groups is 1. The highest BCUT2D eigenvalue weighted by molar-refractivity contribution is 5.77. The molecule has 0 aliphatic rings. The molecule has 3 N–H and O–H groups in total. The van der Waals surface area contributed by atoms with Crippen molar-refractivity contribution in [3.05, 3.63) is 36.7 Å². The van der Waals surface area contributed by atoms with E-state index in [-0.39, 0.29) is 18.5 Å². The van der Waals surface area contributed by atoms with Gasteiger partial charge in [-0.2, -0.15) is 5.10 Å². The van der Waals surface area contributed by atoms with Gasteiger partial charge in [0.25, 0.3) is 0 Å². The summed E-state index contributed by atoms with van der Waals surface area (Å²) in [5.74, 6) is -0.0503. The van der Waals surface area contributed by atoms with E-state index in [2.05, 4.69) is 10.4 Å². The summed E-state index contributed by atoms with van der Waals surface area (Å²) in [7, 11) is 0. The van der Waals surface area contributed by atoms with Gasteiger partial charge in [-0.05, 0) is 19.9 Å². The van der Waals surface area contributed by atoms with Crippen molar-refractivity contribution < 1.29 is 4.79 Å². The molecular formula is C14H18N4O. The third-order valence-electron chi connectivity index (χ3n) is 2.66. The maximum Gasteiger partial charge on any atom is 0.241 e. The minimum Gasteiger partial charge on any atom is -0.398 e. The number of rotatable bonds is 4. The standard InChI is InChI=1S/C14H18N4O/c1-10(2)17-14(19)9-18-8-11(7-16-18)12-5-3-4-6-13(12)15/h3-8,10H,9,15H2,1-2H3,(H,17,19). The fourth-order valence-electron chi connectivity index (χ4n) is 1.86. The normalized spacial score (nSPS) is 10.7. The zero-order valence-corrected chi connectivity index (χ0v) is 11.1. The topological polar surface area (TPSA) is 72.9 Å². The lowest BCUT2D eigenvalue weighted by atomic mass is 10.1. The lowest BCUT2D eigenvalue weighted by Crippen LogP contribution is -2.33. The average Bonchev–Trinajstić information content (AvgIpc) is 2.76. The molecule has 0 bridgehead atoms. The number of benzene rings is 1. The molecule has 1 heterocycles. The van der Waals surface area contributed by atoms with Crippen molar-refractivity contribution in [2.24, 2.45) is 0 Å². The minimum atomic E-state index is -0.0503. The number of nitrogen functional groups attached to an aromatic ring is 1. The van der Waals surface area contributed by atoms with Crippen LogP contribution in [-0.4, -0.2) is 21.7 Å². The SMILES string of the molecule is CC(C)NC(=O)Cn1cc(-c2ccccc2N)cn1. The van der Waals surface area contributed by atoms with Gasteiger partial charge in [-0.1, -0.05) is 18.2 Å². The lowest BCUT2D eigenvalue weighted by Gasteiger charge is -2.07. The van der Waals surface area contributed by atoms with Crippen molar-refractivity contribution in [2.75, 3.05) is 5.73 Å². The first-order valence-electron chi connectivity index (χ1n) is 6.23. The zero-order chi connectivity index (χ0) is 13.8. The molecule has 0 radical (unpaired) electrons. The molecule has 0 saturated heterocycles. The van der Waals surface area contributed by atoms with E-state index in [4.69, 9.17) is 5.73 Å². The van der Waals surface area contributed by atoms with Gasteiger partial charge in [0, 0.05) is 29.1 Å². The summed E-state index contributed by atoms with van der Waals surface area (Å²) in [5, 5.41) is 7.01. The van der Waals surface area contributed by atoms with Gasteiger partial charge >= 0.3 is 0 Å². The molecule has 5 heteroatoms. The van der Waals surface area contributed by atoms with E-state index in [0.717, 1.165) is 11.1 Å². The van der Waals surface area contributed by atoms with Crippen LogP contribution in [0.4, 0.5) is 5.69 Å². The van der Waals surface area contributed by atoms with Crippen LogP contribution in [0.25, 0.3) is 11.1 Å². The smallest absolute Gasteiger partial charge is 0.241 e. The molecule has 0 spiro atoms. The first-order chi connectivity index (χ1) is 9.06. The third kappa shape index (κ3) is 3.34. The zero-order valence-electron chi connectivity index (χ0n) is 11.1. The van der Waals surface area contributed by atoms with Crippen LogP contribution in [-0.2, 0) is 11.3 Å². The van der Waals surface area contributed by atoms with Gasteiger partial charge in [0.05, 0.1) is 6.20 Å². The van der Waals surface area contributed by atoms with Gasteiger partial charge in [-0.15, -0.1) is 0 Å². The molecule has 19 heavy (non-hydrogen) atoms. The molecule has 1 aromatic heterocycles. The van der Waals surface area contributed by atoms with Crippen molar-refractivity contribution in [1.29, 1.82) is 0 Å². The van der Waals surface area contributed by atoms with Crippen LogP contribution in [0.2, 0.25) is 0 Å². The number of aromatic nitrogens is 2. The highest BCUT2D eigenvalue weighted by atomic mass is 16.2. The number of para-hydroxylation sites is 1. The predicted octanol–water partition coefficient (Wildman–Crippen LogP) is 1.66. The summed E-state index contributed by atoms with van der Waals surface area (Å²) in [6.07, 6.45) is 3.54. The number of nitrogens with two attached hydrogens (primary N) is 1. The maximum absolute atomic E-state index is 11.6. The second-order valence-corrected chi connectivity index (χ2v) is 4.74. The molecule has 100 valence electrons. The summed E-state index contributed by atoms with van der Waals surface area (Å²) in [6, 6.07) is 7.73. The molecule has 0 atom stereocenters. The number of nitrogens with one attached hydrogen (secondary N) is 1. The molecule has 5 nitrogen and oxygen atoms in total. The molecule has 0 unspecified atom stereocenters. The van der Waals surface area contributed by atoms with Gasteiger partial charge in [-0.25, -0.2) is 0 Å². The second kappa shape index (κ2) is 5.56. The Kier molecular flexibility index (Phi) is 3.85. The molecule has 0 aliphatic carbocycles. The monoisotopic (exact) mass is 258 g/mol. The van der Waals surface area contributed by atoms with Gasteiger partial charge in [0.15, 0.2) is 0 Å². The Morgan fingerprint density at radius 2 is 2.16 bits per heavy atom. The molecule has 0 saturated carbocycles. The maximum atomic E-state index is 11.6. The Hall–Kier alpha value is -2.30. The highest BCUT2D eigenvalue weighted by Crippen LogP contribution is 2.24. The molecule has 0 fully saturated rings. The van der Waals surface area contributed by atoms with Gasteiger partial charge < -0.3 is 11.1 Å². The molecule has 2 aromatic rings. The van der Waals surface area contributed by atoms with Crippen molar-refractivity contribution in [2.45, 2.75) is 26.4 Å². The number of hydrogen-bond donors (Lipinski definition) is 2. The number of anilines is 1. The van der Waals surface area contributed by atoms with E-state index < -0.39 is 0 Å². The van der Waals surface area contributed by atoms with E-state index in [0.29, 0.717) is 5.69 Å². The number of carbonyl (C=O) groups excluding carboxylic acids is 1. The van der Waals surface area contributed by atoms with Crippen LogP contribution in [0.1, 0.15) is 13.8 Å². The molecular weight excluding hydrogens is 240 g/mol.